The molecule has 1 rings (SSSR count). The normalized spacial score (nSPS) is 11.1. The quantitative estimate of drug-likeness (QED) is 0.793. The molecule has 0 saturated heterocycles. The summed E-state index contributed by atoms with van der Waals surface area (Å²) in [5, 5.41) is 8.36. The van der Waals surface area contributed by atoms with Crippen LogP contribution in [0.3, 0.4) is 0 Å². The van der Waals surface area contributed by atoms with Gasteiger partial charge in [0.25, 0.3) is 0 Å². The molecule has 1 aromatic carbocycles. The first-order chi connectivity index (χ1) is 7.30. The molecule has 88 valence electrons. The summed E-state index contributed by atoms with van der Waals surface area (Å²) in [6.07, 6.45) is 0. The summed E-state index contributed by atoms with van der Waals surface area (Å²) >= 11 is 1.75. The second-order valence-electron chi connectivity index (χ2n) is 2.88. The Morgan fingerprint density at radius 2 is 2.12 bits per heavy atom. The van der Waals surface area contributed by atoms with Crippen LogP contribution in [0.2, 0.25) is 0 Å². The van der Waals surface area contributed by atoms with Crippen LogP contribution in [0.1, 0.15) is 0 Å². The van der Waals surface area contributed by atoms with Crippen LogP contribution in [-0.2, 0) is 14.8 Å². The molecule has 0 aliphatic heterocycles. The highest BCUT2D eigenvalue weighted by Crippen LogP contribution is 2.20. The van der Waals surface area contributed by atoms with Crippen LogP contribution in [0.25, 0.3) is 0 Å². The summed E-state index contributed by atoms with van der Waals surface area (Å²) in [6.45, 7) is 0. The van der Waals surface area contributed by atoms with Crippen molar-refractivity contribution < 1.29 is 22.7 Å². The van der Waals surface area contributed by atoms with Crippen LogP contribution in [0.15, 0.2) is 18.2 Å². The van der Waals surface area contributed by atoms with Gasteiger partial charge in [-0.25, -0.2) is 12.8 Å². The number of benzene rings is 1. The Bertz CT molecular complexity index is 517. The maximum Gasteiger partial charge on any atom is 0.320 e. The third-order valence-corrected chi connectivity index (χ3v) is 3.56. The molecule has 0 aliphatic rings. The molecular formula is C8H7FINO4S. The molecule has 0 atom stereocenters. The first-order valence-electron chi connectivity index (χ1n) is 3.97. The zero-order chi connectivity index (χ0) is 12.3. The number of hydrogen-bond acceptors (Lipinski definition) is 3. The van der Waals surface area contributed by atoms with Crippen LogP contribution in [-0.4, -0.2) is 25.2 Å². The Labute approximate surface area is 105 Å². The van der Waals surface area contributed by atoms with Crippen LogP contribution in [0, 0.1) is 9.39 Å². The van der Waals surface area contributed by atoms with Gasteiger partial charge in [0.05, 0.1) is 5.69 Å². The third-order valence-electron chi connectivity index (χ3n) is 1.51. The van der Waals surface area contributed by atoms with E-state index in [9.17, 15) is 17.6 Å². The Hall–Kier alpha value is -0.900. The maximum atomic E-state index is 12.7. The molecule has 0 amide bonds. The number of rotatable bonds is 4. The molecule has 8 heteroatoms. The summed E-state index contributed by atoms with van der Waals surface area (Å²) in [6, 6.07) is 3.45. The highest BCUT2D eigenvalue weighted by atomic mass is 127. The number of anilines is 1. The minimum absolute atomic E-state index is 0.156. The summed E-state index contributed by atoms with van der Waals surface area (Å²) in [5.74, 6) is -2.98. The second-order valence-corrected chi connectivity index (χ2v) is 5.76. The number of carboxylic acids is 1. The fourth-order valence-corrected chi connectivity index (χ4v) is 2.64. The number of sulfonamides is 1. The van der Waals surface area contributed by atoms with Crippen molar-refractivity contribution in [1.29, 1.82) is 0 Å². The van der Waals surface area contributed by atoms with Gasteiger partial charge in [0.15, 0.2) is 5.75 Å². The Morgan fingerprint density at radius 3 is 2.62 bits per heavy atom. The van der Waals surface area contributed by atoms with Gasteiger partial charge in [-0.1, -0.05) is 0 Å². The minimum atomic E-state index is -3.95. The van der Waals surface area contributed by atoms with Gasteiger partial charge in [0.1, 0.15) is 5.82 Å². The zero-order valence-electron chi connectivity index (χ0n) is 7.78. The number of hydrogen-bond donors (Lipinski definition) is 2. The van der Waals surface area contributed by atoms with Crippen LogP contribution < -0.4 is 4.72 Å². The van der Waals surface area contributed by atoms with Crippen molar-refractivity contribution in [3.05, 3.63) is 27.6 Å². The molecule has 0 fully saturated rings. The first-order valence-corrected chi connectivity index (χ1v) is 6.70. The van der Waals surface area contributed by atoms with E-state index in [1.165, 1.54) is 6.07 Å². The van der Waals surface area contributed by atoms with E-state index in [1.807, 2.05) is 0 Å². The fourth-order valence-electron chi connectivity index (χ4n) is 0.938. The molecule has 5 nitrogen and oxygen atoms in total. The number of halogens is 2. The fraction of sp³-hybridized carbons (Fsp3) is 0.125. The van der Waals surface area contributed by atoms with Crippen molar-refractivity contribution in [3.8, 4) is 0 Å². The third kappa shape index (κ3) is 3.93. The minimum Gasteiger partial charge on any atom is -0.480 e. The van der Waals surface area contributed by atoms with Gasteiger partial charge >= 0.3 is 5.97 Å². The van der Waals surface area contributed by atoms with Crippen molar-refractivity contribution in [2.75, 3.05) is 10.5 Å². The molecule has 1 aromatic rings. The monoisotopic (exact) mass is 359 g/mol. The molecule has 16 heavy (non-hydrogen) atoms. The molecule has 0 aromatic heterocycles. The molecule has 2 N–H and O–H groups in total. The smallest absolute Gasteiger partial charge is 0.320 e. The van der Waals surface area contributed by atoms with E-state index >= 15 is 0 Å². The SMILES string of the molecule is O=C(O)CS(=O)(=O)Nc1ccc(F)cc1I. The molecule has 0 unspecified atom stereocenters. The zero-order valence-corrected chi connectivity index (χ0v) is 10.7. The predicted molar refractivity (Wildman–Crippen MR) is 64.2 cm³/mol. The number of carbonyl (C=O) groups is 1. The molecule has 0 radical (unpaired) electrons. The first kappa shape index (κ1) is 13.2. The van der Waals surface area contributed by atoms with Crippen molar-refractivity contribution in [2.24, 2.45) is 0 Å². The molecule has 0 bridgehead atoms. The molecular weight excluding hydrogens is 352 g/mol. The van der Waals surface area contributed by atoms with Gasteiger partial charge in [0, 0.05) is 3.57 Å². The van der Waals surface area contributed by atoms with Gasteiger partial charge in [-0.2, -0.15) is 0 Å². The van der Waals surface area contributed by atoms with E-state index in [4.69, 9.17) is 5.11 Å². The predicted octanol–water partition coefficient (Wildman–Crippen LogP) is 1.26. The average molecular weight is 359 g/mol. The molecule has 0 spiro atoms. The van der Waals surface area contributed by atoms with Gasteiger partial charge in [0.2, 0.25) is 10.0 Å². The lowest BCUT2D eigenvalue weighted by Crippen LogP contribution is -2.22. The lowest BCUT2D eigenvalue weighted by molar-refractivity contribution is -0.134. The van der Waals surface area contributed by atoms with E-state index in [2.05, 4.69) is 4.72 Å². The largest absolute Gasteiger partial charge is 0.480 e. The Kier molecular flexibility index (Phi) is 4.08. The van der Waals surface area contributed by atoms with Gasteiger partial charge in [-0.05, 0) is 40.8 Å². The number of aliphatic carboxylic acids is 1. The van der Waals surface area contributed by atoms with E-state index in [0.717, 1.165) is 12.1 Å². The average Bonchev–Trinajstić information content (AvgIpc) is 2.07. The van der Waals surface area contributed by atoms with E-state index in [1.54, 1.807) is 22.6 Å². The van der Waals surface area contributed by atoms with Gasteiger partial charge in [-0.3, -0.25) is 9.52 Å². The Balaban J connectivity index is 2.92. The topological polar surface area (TPSA) is 83.5 Å². The van der Waals surface area contributed by atoms with Crippen LogP contribution in [0.4, 0.5) is 10.1 Å². The van der Waals surface area contributed by atoms with Crippen molar-refractivity contribution in [2.45, 2.75) is 0 Å². The summed E-state index contributed by atoms with van der Waals surface area (Å²) in [4.78, 5) is 10.3. The lowest BCUT2D eigenvalue weighted by Gasteiger charge is -2.07. The highest BCUT2D eigenvalue weighted by Gasteiger charge is 2.16. The van der Waals surface area contributed by atoms with Crippen LogP contribution >= 0.6 is 22.6 Å². The van der Waals surface area contributed by atoms with Crippen molar-refractivity contribution in [3.63, 3.8) is 0 Å². The number of carboxylic acid groups (broad SMARTS) is 1. The van der Waals surface area contributed by atoms with Gasteiger partial charge in [-0.15, -0.1) is 0 Å². The summed E-state index contributed by atoms with van der Waals surface area (Å²) < 4.78 is 37.6. The second kappa shape index (κ2) is 4.95. The van der Waals surface area contributed by atoms with Gasteiger partial charge < -0.3 is 5.11 Å². The Morgan fingerprint density at radius 1 is 1.50 bits per heavy atom. The van der Waals surface area contributed by atoms with Crippen molar-refractivity contribution >= 4 is 44.3 Å². The van der Waals surface area contributed by atoms with Crippen LogP contribution in [0.5, 0.6) is 0 Å². The standard InChI is InChI=1S/C8H7FINO4S/c9-5-1-2-7(6(10)3-5)11-16(14,15)4-8(12)13/h1-3,11H,4H2,(H,12,13). The highest BCUT2D eigenvalue weighted by molar-refractivity contribution is 14.1. The van der Waals surface area contributed by atoms with Crippen molar-refractivity contribution in [1.82, 2.24) is 0 Å². The van der Waals surface area contributed by atoms with E-state index in [-0.39, 0.29) is 5.69 Å². The molecule has 0 aliphatic carbocycles. The molecule has 0 heterocycles. The lowest BCUT2D eigenvalue weighted by atomic mass is 10.3. The summed E-state index contributed by atoms with van der Waals surface area (Å²) in [5.41, 5.74) is 0.156. The summed E-state index contributed by atoms with van der Waals surface area (Å²) in [7, 11) is -3.95. The van der Waals surface area contributed by atoms with E-state index in [0.29, 0.717) is 3.57 Å². The number of nitrogens with one attached hydrogen (secondary N) is 1. The van der Waals surface area contributed by atoms with E-state index < -0.39 is 27.6 Å². The maximum absolute atomic E-state index is 12.7. The molecule has 0 saturated carbocycles.